The molecule has 0 aliphatic heterocycles. The van der Waals surface area contributed by atoms with Crippen LogP contribution in [0.1, 0.15) is 39.9 Å². The van der Waals surface area contributed by atoms with Gasteiger partial charge >= 0.3 is 5.69 Å². The Labute approximate surface area is 176 Å². The molecule has 0 radical (unpaired) electrons. The minimum atomic E-state index is -0.419. The maximum atomic E-state index is 12.6. The van der Waals surface area contributed by atoms with Crippen LogP contribution in [0.3, 0.4) is 0 Å². The molecule has 0 fully saturated rings. The molecule has 1 amide bonds. The van der Waals surface area contributed by atoms with Crippen LogP contribution in [0.4, 0.5) is 5.69 Å². The van der Waals surface area contributed by atoms with Gasteiger partial charge in [-0.25, -0.2) is 0 Å². The van der Waals surface area contributed by atoms with Crippen molar-refractivity contribution in [1.29, 1.82) is 0 Å². The SMILES string of the molecule is CCn1ncc(Br)c1CNC(=O)c1cccc(Cn2nc(C)c([N+](=O)[O-])c2C)c1. The number of amides is 1. The number of carbonyl (C=O) groups excluding carboxylic acids is 1. The zero-order valence-electron chi connectivity index (χ0n) is 16.3. The number of hydrogen-bond acceptors (Lipinski definition) is 5. The highest BCUT2D eigenvalue weighted by atomic mass is 79.9. The largest absolute Gasteiger partial charge is 0.346 e. The van der Waals surface area contributed by atoms with Crippen LogP contribution in [0.25, 0.3) is 0 Å². The van der Waals surface area contributed by atoms with Gasteiger partial charge in [-0.15, -0.1) is 0 Å². The molecule has 152 valence electrons. The van der Waals surface area contributed by atoms with Gasteiger partial charge in [-0.05, 0) is 54.4 Å². The van der Waals surface area contributed by atoms with Crippen LogP contribution >= 0.6 is 15.9 Å². The monoisotopic (exact) mass is 460 g/mol. The van der Waals surface area contributed by atoms with E-state index in [0.717, 1.165) is 15.7 Å². The second kappa shape index (κ2) is 8.56. The third kappa shape index (κ3) is 4.37. The van der Waals surface area contributed by atoms with Crippen LogP contribution in [0.15, 0.2) is 34.9 Å². The average molecular weight is 461 g/mol. The van der Waals surface area contributed by atoms with Crippen LogP contribution in [0.2, 0.25) is 0 Å². The zero-order valence-corrected chi connectivity index (χ0v) is 17.9. The Bertz CT molecular complexity index is 1070. The van der Waals surface area contributed by atoms with Crippen molar-refractivity contribution in [3.8, 4) is 0 Å². The summed E-state index contributed by atoms with van der Waals surface area (Å²) in [5.74, 6) is -0.207. The Morgan fingerprint density at radius 1 is 1.31 bits per heavy atom. The number of nitrogens with zero attached hydrogens (tertiary/aromatic N) is 5. The van der Waals surface area contributed by atoms with Gasteiger partial charge in [0.2, 0.25) is 0 Å². The van der Waals surface area contributed by atoms with E-state index in [2.05, 4.69) is 31.4 Å². The summed E-state index contributed by atoms with van der Waals surface area (Å²) in [4.78, 5) is 23.4. The first-order valence-corrected chi connectivity index (χ1v) is 9.86. The number of aromatic nitrogens is 4. The molecule has 3 rings (SSSR count). The van der Waals surface area contributed by atoms with Crippen molar-refractivity contribution in [2.24, 2.45) is 0 Å². The maximum Gasteiger partial charge on any atom is 0.312 e. The Kier molecular flexibility index (Phi) is 6.12. The number of nitro groups is 1. The number of carbonyl (C=O) groups is 1. The summed E-state index contributed by atoms with van der Waals surface area (Å²) in [6.45, 7) is 6.67. The van der Waals surface area contributed by atoms with E-state index >= 15 is 0 Å². The molecule has 9 nitrogen and oxygen atoms in total. The van der Waals surface area contributed by atoms with Crippen molar-refractivity contribution in [1.82, 2.24) is 24.9 Å². The first kappa shape index (κ1) is 20.7. The molecule has 2 aromatic heterocycles. The van der Waals surface area contributed by atoms with Gasteiger partial charge in [0.1, 0.15) is 11.4 Å². The van der Waals surface area contributed by atoms with Gasteiger partial charge < -0.3 is 5.32 Å². The van der Waals surface area contributed by atoms with E-state index in [0.29, 0.717) is 36.6 Å². The summed E-state index contributed by atoms with van der Waals surface area (Å²) in [6.07, 6.45) is 1.71. The molecule has 3 aromatic rings. The summed E-state index contributed by atoms with van der Waals surface area (Å²) >= 11 is 3.45. The highest BCUT2D eigenvalue weighted by Gasteiger charge is 2.21. The zero-order chi connectivity index (χ0) is 21.1. The van der Waals surface area contributed by atoms with E-state index < -0.39 is 4.92 Å². The molecule has 1 N–H and O–H groups in total. The molecular weight excluding hydrogens is 440 g/mol. The molecule has 0 aliphatic carbocycles. The number of rotatable bonds is 7. The third-order valence-corrected chi connectivity index (χ3v) is 5.32. The van der Waals surface area contributed by atoms with Crippen molar-refractivity contribution in [2.75, 3.05) is 0 Å². The van der Waals surface area contributed by atoms with Crippen LogP contribution in [-0.4, -0.2) is 30.4 Å². The Hall–Kier alpha value is -3.01. The lowest BCUT2D eigenvalue weighted by atomic mass is 10.1. The molecule has 29 heavy (non-hydrogen) atoms. The van der Waals surface area contributed by atoms with Crippen molar-refractivity contribution >= 4 is 27.5 Å². The van der Waals surface area contributed by atoms with Crippen LogP contribution < -0.4 is 5.32 Å². The lowest BCUT2D eigenvalue weighted by Gasteiger charge is -2.09. The lowest BCUT2D eigenvalue weighted by molar-refractivity contribution is -0.386. The van der Waals surface area contributed by atoms with Crippen molar-refractivity contribution in [3.05, 3.63) is 73.3 Å². The smallest absolute Gasteiger partial charge is 0.312 e. The van der Waals surface area contributed by atoms with Gasteiger partial charge in [-0.3, -0.25) is 24.3 Å². The minimum absolute atomic E-state index is 0.0250. The molecule has 2 heterocycles. The molecule has 0 bridgehead atoms. The van der Waals surface area contributed by atoms with Crippen molar-refractivity contribution in [3.63, 3.8) is 0 Å². The van der Waals surface area contributed by atoms with Gasteiger partial charge in [0.25, 0.3) is 5.91 Å². The van der Waals surface area contributed by atoms with Crippen molar-refractivity contribution < 1.29 is 9.72 Å². The topological polar surface area (TPSA) is 108 Å². The molecule has 0 aliphatic rings. The Balaban J connectivity index is 1.74. The van der Waals surface area contributed by atoms with Crippen LogP contribution in [-0.2, 0) is 19.6 Å². The Morgan fingerprint density at radius 3 is 2.72 bits per heavy atom. The first-order valence-electron chi connectivity index (χ1n) is 9.07. The number of aryl methyl sites for hydroxylation is 2. The molecule has 0 spiro atoms. The molecule has 0 atom stereocenters. The number of benzene rings is 1. The summed E-state index contributed by atoms with van der Waals surface area (Å²) < 4.78 is 4.25. The highest BCUT2D eigenvalue weighted by molar-refractivity contribution is 9.10. The molecule has 0 saturated heterocycles. The summed E-state index contributed by atoms with van der Waals surface area (Å²) in [7, 11) is 0. The second-order valence-corrected chi connectivity index (χ2v) is 7.43. The van der Waals surface area contributed by atoms with E-state index in [-0.39, 0.29) is 11.6 Å². The van der Waals surface area contributed by atoms with E-state index in [1.54, 1.807) is 42.9 Å². The second-order valence-electron chi connectivity index (χ2n) is 6.57. The number of hydrogen-bond donors (Lipinski definition) is 1. The fourth-order valence-electron chi connectivity index (χ4n) is 3.19. The molecule has 1 aromatic carbocycles. The van der Waals surface area contributed by atoms with E-state index in [1.807, 2.05) is 17.7 Å². The average Bonchev–Trinajstić information content (AvgIpc) is 3.18. The Morgan fingerprint density at radius 2 is 2.07 bits per heavy atom. The van der Waals surface area contributed by atoms with Crippen LogP contribution in [0, 0.1) is 24.0 Å². The van der Waals surface area contributed by atoms with E-state index in [9.17, 15) is 14.9 Å². The fourth-order valence-corrected chi connectivity index (χ4v) is 3.63. The van der Waals surface area contributed by atoms with Crippen LogP contribution in [0.5, 0.6) is 0 Å². The minimum Gasteiger partial charge on any atom is -0.346 e. The summed E-state index contributed by atoms with van der Waals surface area (Å²) in [5.41, 5.74) is 3.12. The van der Waals surface area contributed by atoms with Gasteiger partial charge in [0.15, 0.2) is 0 Å². The van der Waals surface area contributed by atoms with E-state index in [1.165, 1.54) is 0 Å². The third-order valence-electron chi connectivity index (χ3n) is 4.66. The quantitative estimate of drug-likeness (QED) is 0.429. The predicted octanol–water partition coefficient (Wildman–Crippen LogP) is 3.37. The molecular formula is C19H21BrN6O3. The fraction of sp³-hybridized carbons (Fsp3) is 0.316. The molecule has 10 heteroatoms. The van der Waals surface area contributed by atoms with Gasteiger partial charge in [0, 0.05) is 12.1 Å². The van der Waals surface area contributed by atoms with Crippen molar-refractivity contribution in [2.45, 2.75) is 40.4 Å². The van der Waals surface area contributed by atoms with Gasteiger partial charge in [0.05, 0.1) is 34.4 Å². The molecule has 0 saturated carbocycles. The number of halogens is 1. The summed E-state index contributed by atoms with van der Waals surface area (Å²) in [6, 6.07) is 7.15. The standard InChI is InChI=1S/C19H21BrN6O3/c1-4-24-17(16(20)9-22-24)10-21-19(27)15-7-5-6-14(8-15)11-25-13(3)18(26(28)29)12(2)23-25/h5-9H,4,10-11H2,1-3H3,(H,21,27). The summed E-state index contributed by atoms with van der Waals surface area (Å²) in [5, 5.41) is 22.6. The lowest BCUT2D eigenvalue weighted by Crippen LogP contribution is -2.24. The number of nitrogens with one attached hydrogen (secondary N) is 1. The maximum absolute atomic E-state index is 12.6. The normalized spacial score (nSPS) is 10.9. The predicted molar refractivity (Wildman–Crippen MR) is 111 cm³/mol. The highest BCUT2D eigenvalue weighted by Crippen LogP contribution is 2.22. The van der Waals surface area contributed by atoms with Gasteiger partial charge in [-0.1, -0.05) is 12.1 Å². The first-order chi connectivity index (χ1) is 13.8. The van der Waals surface area contributed by atoms with Gasteiger partial charge in [-0.2, -0.15) is 10.2 Å². The van der Waals surface area contributed by atoms with E-state index in [4.69, 9.17) is 0 Å². The molecule has 0 unspecified atom stereocenters.